The number of fused-ring (bicyclic) bond motifs is 1. The summed E-state index contributed by atoms with van der Waals surface area (Å²) in [5.74, 6) is -0.119. The lowest BCUT2D eigenvalue weighted by atomic mass is 10.3. The molecule has 4 heteroatoms. The van der Waals surface area contributed by atoms with Crippen molar-refractivity contribution in [2.45, 2.75) is 26.6 Å². The van der Waals surface area contributed by atoms with Gasteiger partial charge in [0.2, 0.25) is 0 Å². The van der Waals surface area contributed by atoms with Crippen molar-refractivity contribution in [2.24, 2.45) is 0 Å². The van der Waals surface area contributed by atoms with Crippen molar-refractivity contribution in [1.29, 1.82) is 0 Å². The largest absolute Gasteiger partial charge is 0.323 e. The van der Waals surface area contributed by atoms with Crippen LogP contribution in [0.4, 0.5) is 8.78 Å². The van der Waals surface area contributed by atoms with Crippen LogP contribution in [0.1, 0.15) is 25.7 Å². The van der Waals surface area contributed by atoms with E-state index < -0.39 is 12.5 Å². The summed E-state index contributed by atoms with van der Waals surface area (Å²) in [5, 5.41) is 0. The van der Waals surface area contributed by atoms with Crippen LogP contribution in [0, 0.1) is 5.82 Å². The van der Waals surface area contributed by atoms with Crippen molar-refractivity contribution in [3.63, 3.8) is 0 Å². The Morgan fingerprint density at radius 2 is 2.13 bits per heavy atom. The molecule has 1 aromatic heterocycles. The first-order valence-electron chi connectivity index (χ1n) is 4.86. The summed E-state index contributed by atoms with van der Waals surface area (Å²) in [7, 11) is 0. The number of halogens is 2. The van der Waals surface area contributed by atoms with E-state index in [0.29, 0.717) is 5.52 Å². The smallest absolute Gasteiger partial charge is 0.151 e. The van der Waals surface area contributed by atoms with E-state index in [4.69, 9.17) is 0 Å². The summed E-state index contributed by atoms with van der Waals surface area (Å²) in [4.78, 5) is 3.96. The molecule has 1 heterocycles. The normalized spacial score (nSPS) is 11.5. The summed E-state index contributed by atoms with van der Waals surface area (Å²) < 4.78 is 27.8. The summed E-state index contributed by atoms with van der Waals surface area (Å²) in [6, 6.07) is 4.77. The Morgan fingerprint density at radius 1 is 1.40 bits per heavy atom. The first kappa shape index (κ1) is 10.1. The molecule has 2 aromatic rings. The molecular formula is C11H12F2N2. The van der Waals surface area contributed by atoms with E-state index >= 15 is 0 Å². The molecular weight excluding hydrogens is 198 g/mol. The lowest BCUT2D eigenvalue weighted by Crippen LogP contribution is -2.04. The fourth-order valence-corrected chi connectivity index (χ4v) is 1.80. The van der Waals surface area contributed by atoms with Gasteiger partial charge in [-0.05, 0) is 26.0 Å². The number of hydrogen-bond donors (Lipinski definition) is 0. The molecule has 0 atom stereocenters. The Morgan fingerprint density at radius 3 is 2.73 bits per heavy atom. The highest BCUT2D eigenvalue weighted by atomic mass is 19.1. The van der Waals surface area contributed by atoms with Crippen LogP contribution in [0.25, 0.3) is 11.0 Å². The average Bonchev–Trinajstić information content (AvgIpc) is 2.57. The molecule has 0 spiro atoms. The number of alkyl halides is 1. The van der Waals surface area contributed by atoms with Gasteiger partial charge in [-0.3, -0.25) is 0 Å². The topological polar surface area (TPSA) is 17.8 Å². The molecule has 15 heavy (non-hydrogen) atoms. The number of hydrogen-bond acceptors (Lipinski definition) is 1. The zero-order chi connectivity index (χ0) is 11.0. The number of imidazole rings is 1. The molecule has 2 nitrogen and oxygen atoms in total. The predicted molar refractivity (Wildman–Crippen MR) is 54.9 cm³/mol. The third-order valence-corrected chi connectivity index (χ3v) is 2.38. The van der Waals surface area contributed by atoms with E-state index in [9.17, 15) is 8.78 Å². The molecule has 1 aromatic carbocycles. The van der Waals surface area contributed by atoms with E-state index in [-0.39, 0.29) is 17.4 Å². The Labute approximate surface area is 86.5 Å². The molecule has 2 rings (SSSR count). The highest BCUT2D eigenvalue weighted by Gasteiger charge is 2.14. The van der Waals surface area contributed by atoms with Gasteiger partial charge in [-0.25, -0.2) is 13.8 Å². The van der Waals surface area contributed by atoms with Gasteiger partial charge in [0.25, 0.3) is 0 Å². The van der Waals surface area contributed by atoms with Crippen molar-refractivity contribution in [2.75, 3.05) is 0 Å². The number of para-hydroxylation sites is 1. The lowest BCUT2D eigenvalue weighted by molar-refractivity contribution is 0.437. The second-order valence-corrected chi connectivity index (χ2v) is 3.73. The third kappa shape index (κ3) is 1.50. The molecule has 0 fully saturated rings. The molecule has 0 aliphatic heterocycles. The number of rotatable bonds is 2. The van der Waals surface area contributed by atoms with Crippen LogP contribution in [-0.4, -0.2) is 9.55 Å². The molecule has 80 valence electrons. The van der Waals surface area contributed by atoms with Crippen LogP contribution in [0.15, 0.2) is 18.2 Å². The molecule has 0 aliphatic carbocycles. The number of aromatic nitrogens is 2. The van der Waals surface area contributed by atoms with Crippen LogP contribution < -0.4 is 0 Å². The summed E-state index contributed by atoms with van der Waals surface area (Å²) in [6.07, 6.45) is 0. The summed E-state index contributed by atoms with van der Waals surface area (Å²) in [6.45, 7) is 3.17. The van der Waals surface area contributed by atoms with Crippen LogP contribution in [0.2, 0.25) is 0 Å². The van der Waals surface area contributed by atoms with Crippen LogP contribution in [0.3, 0.4) is 0 Å². The second kappa shape index (κ2) is 3.61. The van der Waals surface area contributed by atoms with Crippen LogP contribution in [-0.2, 0) is 6.67 Å². The maximum absolute atomic E-state index is 13.4. The van der Waals surface area contributed by atoms with E-state index in [1.165, 1.54) is 6.07 Å². The second-order valence-electron chi connectivity index (χ2n) is 3.73. The molecule has 0 saturated heterocycles. The van der Waals surface area contributed by atoms with Crippen LogP contribution in [0.5, 0.6) is 0 Å². The quantitative estimate of drug-likeness (QED) is 0.744. The Hall–Kier alpha value is -1.45. The molecule has 0 aliphatic rings. The first-order valence-corrected chi connectivity index (χ1v) is 4.86. The standard InChI is InChI=1S/C11H12F2N2/c1-7(2)15-9-5-3-4-8(13)11(9)14-10(15)6-12/h3-5,7H,6H2,1-2H3. The Kier molecular flexibility index (Phi) is 2.42. The van der Waals surface area contributed by atoms with Crippen molar-refractivity contribution >= 4 is 11.0 Å². The minimum atomic E-state index is -0.674. The molecule has 0 bridgehead atoms. The highest BCUT2D eigenvalue weighted by Crippen LogP contribution is 2.23. The van der Waals surface area contributed by atoms with E-state index in [1.54, 1.807) is 16.7 Å². The first-order chi connectivity index (χ1) is 7.15. The predicted octanol–water partition coefficient (Wildman–Crippen LogP) is 3.23. The monoisotopic (exact) mass is 210 g/mol. The molecule has 0 amide bonds. The van der Waals surface area contributed by atoms with Gasteiger partial charge in [-0.2, -0.15) is 0 Å². The highest BCUT2D eigenvalue weighted by molar-refractivity contribution is 5.76. The summed E-state index contributed by atoms with van der Waals surface area (Å²) in [5.41, 5.74) is 0.900. The summed E-state index contributed by atoms with van der Waals surface area (Å²) >= 11 is 0. The van der Waals surface area contributed by atoms with Crippen LogP contribution >= 0.6 is 0 Å². The van der Waals surface area contributed by atoms with Gasteiger partial charge in [0, 0.05) is 6.04 Å². The van der Waals surface area contributed by atoms with Gasteiger partial charge >= 0.3 is 0 Å². The van der Waals surface area contributed by atoms with E-state index in [1.807, 2.05) is 13.8 Å². The Bertz CT molecular complexity index is 489. The van der Waals surface area contributed by atoms with Gasteiger partial charge in [0.05, 0.1) is 5.52 Å². The molecule has 0 radical (unpaired) electrons. The average molecular weight is 210 g/mol. The number of nitrogens with zero attached hydrogens (tertiary/aromatic N) is 2. The van der Waals surface area contributed by atoms with Crippen molar-refractivity contribution < 1.29 is 8.78 Å². The molecule has 0 N–H and O–H groups in total. The lowest BCUT2D eigenvalue weighted by Gasteiger charge is -2.10. The zero-order valence-electron chi connectivity index (χ0n) is 8.67. The van der Waals surface area contributed by atoms with Gasteiger partial charge < -0.3 is 4.57 Å². The van der Waals surface area contributed by atoms with Gasteiger partial charge in [-0.15, -0.1) is 0 Å². The SMILES string of the molecule is CC(C)n1c(CF)nc2c(F)cccc21. The third-order valence-electron chi connectivity index (χ3n) is 2.38. The van der Waals surface area contributed by atoms with E-state index in [0.717, 1.165) is 0 Å². The minimum absolute atomic E-state index is 0.0718. The van der Waals surface area contributed by atoms with Gasteiger partial charge in [0.1, 0.15) is 18.0 Å². The van der Waals surface area contributed by atoms with Crippen molar-refractivity contribution in [1.82, 2.24) is 9.55 Å². The molecule has 0 unspecified atom stereocenters. The minimum Gasteiger partial charge on any atom is -0.323 e. The Balaban J connectivity index is 2.80. The van der Waals surface area contributed by atoms with E-state index in [2.05, 4.69) is 4.98 Å². The maximum Gasteiger partial charge on any atom is 0.151 e. The molecule has 0 saturated carbocycles. The zero-order valence-corrected chi connectivity index (χ0v) is 8.67. The fourth-order valence-electron chi connectivity index (χ4n) is 1.80. The fraction of sp³-hybridized carbons (Fsp3) is 0.364. The maximum atomic E-state index is 13.4. The van der Waals surface area contributed by atoms with Gasteiger partial charge in [-0.1, -0.05) is 6.07 Å². The number of benzene rings is 1. The van der Waals surface area contributed by atoms with Crippen molar-refractivity contribution in [3.05, 3.63) is 29.8 Å². The van der Waals surface area contributed by atoms with Gasteiger partial charge in [0.15, 0.2) is 5.82 Å². The van der Waals surface area contributed by atoms with Crippen molar-refractivity contribution in [3.8, 4) is 0 Å².